The second-order valence-electron chi connectivity index (χ2n) is 4.65. The number of rotatable bonds is 8. The Morgan fingerprint density at radius 1 is 1.35 bits per heavy atom. The molecule has 0 spiro atoms. The summed E-state index contributed by atoms with van der Waals surface area (Å²) < 4.78 is 0. The molecular formula is C17H23NOS. The molecule has 0 atom stereocenters. The molecule has 0 N–H and O–H groups in total. The summed E-state index contributed by atoms with van der Waals surface area (Å²) in [5.74, 6) is 0.0551. The van der Waals surface area contributed by atoms with Gasteiger partial charge in [-0.05, 0) is 19.6 Å². The fourth-order valence-electron chi connectivity index (χ4n) is 1.91. The molecular weight excluding hydrogens is 266 g/mol. The van der Waals surface area contributed by atoms with E-state index in [0.29, 0.717) is 0 Å². The Bertz CT molecular complexity index is 476. The minimum Gasteiger partial charge on any atom is -0.363 e. The van der Waals surface area contributed by atoms with E-state index < -0.39 is 0 Å². The smallest absolute Gasteiger partial charge is 0.188 e. The lowest BCUT2D eigenvalue weighted by Crippen LogP contribution is -2.23. The number of carbonyl (C=O) groups is 1. The summed E-state index contributed by atoms with van der Waals surface area (Å²) >= 11 is 1.60. The molecule has 0 radical (unpaired) electrons. The van der Waals surface area contributed by atoms with Crippen molar-refractivity contribution < 1.29 is 4.79 Å². The lowest BCUT2D eigenvalue weighted by Gasteiger charge is -2.24. The first-order chi connectivity index (χ1) is 9.62. The molecule has 2 nitrogen and oxygen atoms in total. The first-order valence-electron chi connectivity index (χ1n) is 6.84. The molecule has 1 aromatic carbocycles. The Kier molecular flexibility index (Phi) is 7.16. The van der Waals surface area contributed by atoms with Crippen molar-refractivity contribution in [3.8, 4) is 0 Å². The second kappa shape index (κ2) is 8.64. The Labute approximate surface area is 126 Å². The Hall–Kier alpha value is -1.48. The fraction of sp³-hybridized carbons (Fsp3) is 0.353. The summed E-state index contributed by atoms with van der Waals surface area (Å²) in [6, 6.07) is 7.69. The highest BCUT2D eigenvalue weighted by Gasteiger charge is 2.10. The molecule has 0 bridgehead atoms. The maximum absolute atomic E-state index is 12.3. The summed E-state index contributed by atoms with van der Waals surface area (Å²) in [5.41, 5.74) is 1.90. The van der Waals surface area contributed by atoms with Gasteiger partial charge in [-0.1, -0.05) is 42.8 Å². The first kappa shape index (κ1) is 16.6. The van der Waals surface area contributed by atoms with Crippen molar-refractivity contribution in [3.63, 3.8) is 0 Å². The number of allylic oxidation sites excluding steroid dienone is 1. The van der Waals surface area contributed by atoms with Crippen molar-refractivity contribution in [2.75, 3.05) is 19.3 Å². The van der Waals surface area contributed by atoms with Gasteiger partial charge in [-0.15, -0.1) is 18.3 Å². The zero-order valence-corrected chi connectivity index (χ0v) is 13.4. The van der Waals surface area contributed by atoms with Crippen LogP contribution in [0.1, 0.15) is 29.3 Å². The monoisotopic (exact) mass is 289 g/mol. The molecule has 0 aliphatic rings. The van der Waals surface area contributed by atoms with Gasteiger partial charge in [0.25, 0.3) is 0 Å². The van der Waals surface area contributed by atoms with Crippen LogP contribution >= 0.6 is 11.8 Å². The van der Waals surface area contributed by atoms with Crippen molar-refractivity contribution >= 4 is 17.5 Å². The predicted octanol–water partition coefficient (Wildman–Crippen LogP) is 4.28. The highest BCUT2D eigenvalue weighted by molar-refractivity contribution is 8.02. The second-order valence-corrected chi connectivity index (χ2v) is 5.48. The molecule has 1 aromatic rings. The van der Waals surface area contributed by atoms with E-state index in [-0.39, 0.29) is 5.78 Å². The third-order valence-corrected chi connectivity index (χ3v) is 3.75. The lowest BCUT2D eigenvalue weighted by atomic mass is 10.1. The highest BCUT2D eigenvalue weighted by atomic mass is 32.2. The van der Waals surface area contributed by atoms with E-state index in [4.69, 9.17) is 0 Å². The van der Waals surface area contributed by atoms with Gasteiger partial charge >= 0.3 is 0 Å². The SMILES string of the molecule is C=CCN(CCC)/C(=C/C(=O)c1ccc(C)cc1)SC. The standard InChI is InChI=1S/C17H23NOS/c1-5-11-18(12-6-2)17(20-4)13-16(19)15-9-7-14(3)8-10-15/h5,7-10,13H,1,6,11-12H2,2-4H3/b17-13-. The molecule has 0 aliphatic heterocycles. The van der Waals surface area contributed by atoms with Crippen molar-refractivity contribution in [3.05, 3.63) is 59.2 Å². The zero-order chi connectivity index (χ0) is 15.0. The van der Waals surface area contributed by atoms with E-state index in [2.05, 4.69) is 18.4 Å². The maximum atomic E-state index is 12.3. The number of nitrogens with zero attached hydrogens (tertiary/aromatic N) is 1. The molecule has 0 heterocycles. The number of aryl methyl sites for hydroxylation is 1. The van der Waals surface area contributed by atoms with Gasteiger partial charge in [0, 0.05) is 24.7 Å². The molecule has 0 unspecified atom stereocenters. The van der Waals surface area contributed by atoms with E-state index in [1.54, 1.807) is 17.8 Å². The van der Waals surface area contributed by atoms with E-state index in [1.807, 2.05) is 43.5 Å². The molecule has 108 valence electrons. The summed E-state index contributed by atoms with van der Waals surface area (Å²) in [6.07, 6.45) is 6.65. The van der Waals surface area contributed by atoms with Crippen LogP contribution in [0.3, 0.4) is 0 Å². The van der Waals surface area contributed by atoms with Gasteiger partial charge in [-0.2, -0.15) is 0 Å². The van der Waals surface area contributed by atoms with Crippen LogP contribution in [0.15, 0.2) is 48.0 Å². The Morgan fingerprint density at radius 3 is 2.50 bits per heavy atom. The van der Waals surface area contributed by atoms with Crippen LogP contribution in [0, 0.1) is 6.92 Å². The molecule has 0 fully saturated rings. The molecule has 0 saturated carbocycles. The van der Waals surface area contributed by atoms with Crippen LogP contribution in [0.4, 0.5) is 0 Å². The number of benzene rings is 1. The highest BCUT2D eigenvalue weighted by Crippen LogP contribution is 2.19. The first-order valence-corrected chi connectivity index (χ1v) is 8.07. The van der Waals surface area contributed by atoms with Gasteiger partial charge in [-0.3, -0.25) is 4.79 Å². The van der Waals surface area contributed by atoms with Crippen LogP contribution in [0.2, 0.25) is 0 Å². The zero-order valence-electron chi connectivity index (χ0n) is 12.6. The van der Waals surface area contributed by atoms with Crippen molar-refractivity contribution in [2.45, 2.75) is 20.3 Å². The van der Waals surface area contributed by atoms with Crippen molar-refractivity contribution in [1.29, 1.82) is 0 Å². The molecule has 20 heavy (non-hydrogen) atoms. The topological polar surface area (TPSA) is 20.3 Å². The van der Waals surface area contributed by atoms with Crippen LogP contribution in [-0.4, -0.2) is 30.0 Å². The Balaban J connectivity index is 2.93. The van der Waals surface area contributed by atoms with Crippen molar-refractivity contribution in [2.24, 2.45) is 0 Å². The van der Waals surface area contributed by atoms with E-state index in [1.165, 1.54) is 0 Å². The van der Waals surface area contributed by atoms with E-state index >= 15 is 0 Å². The van der Waals surface area contributed by atoms with Gasteiger partial charge in [0.2, 0.25) is 0 Å². The van der Waals surface area contributed by atoms with Crippen LogP contribution in [0.5, 0.6) is 0 Å². The summed E-state index contributed by atoms with van der Waals surface area (Å²) in [4.78, 5) is 14.5. The lowest BCUT2D eigenvalue weighted by molar-refractivity contribution is 0.104. The third kappa shape index (κ3) is 4.89. The average molecular weight is 289 g/mol. The molecule has 0 aliphatic carbocycles. The normalized spacial score (nSPS) is 11.2. The molecule has 0 saturated heterocycles. The van der Waals surface area contributed by atoms with Crippen LogP contribution in [-0.2, 0) is 0 Å². The van der Waals surface area contributed by atoms with Crippen LogP contribution in [0.25, 0.3) is 0 Å². The third-order valence-electron chi connectivity index (χ3n) is 2.95. The Morgan fingerprint density at radius 2 is 2.00 bits per heavy atom. The molecule has 3 heteroatoms. The maximum Gasteiger partial charge on any atom is 0.188 e. The molecule has 0 amide bonds. The summed E-state index contributed by atoms with van der Waals surface area (Å²) in [5, 5.41) is 0.998. The molecule has 0 aromatic heterocycles. The van der Waals surface area contributed by atoms with Gasteiger partial charge in [0.05, 0.1) is 5.03 Å². The minimum atomic E-state index is 0.0551. The van der Waals surface area contributed by atoms with Gasteiger partial charge in [0.1, 0.15) is 0 Å². The van der Waals surface area contributed by atoms with Gasteiger partial charge < -0.3 is 4.90 Å². The number of thioether (sulfide) groups is 1. The quantitative estimate of drug-likeness (QED) is 0.405. The van der Waals surface area contributed by atoms with Gasteiger partial charge in [0.15, 0.2) is 5.78 Å². The van der Waals surface area contributed by atoms with E-state index in [9.17, 15) is 4.79 Å². The number of carbonyl (C=O) groups excluding carboxylic acids is 1. The van der Waals surface area contributed by atoms with Crippen LogP contribution < -0.4 is 0 Å². The minimum absolute atomic E-state index is 0.0551. The molecule has 1 rings (SSSR count). The fourth-order valence-corrected chi connectivity index (χ4v) is 2.56. The van der Waals surface area contributed by atoms with Gasteiger partial charge in [-0.25, -0.2) is 0 Å². The number of hydrogen-bond donors (Lipinski definition) is 0. The summed E-state index contributed by atoms with van der Waals surface area (Å²) in [6.45, 7) is 9.63. The largest absolute Gasteiger partial charge is 0.363 e. The van der Waals surface area contributed by atoms with Crippen molar-refractivity contribution in [1.82, 2.24) is 4.90 Å². The number of hydrogen-bond acceptors (Lipinski definition) is 3. The summed E-state index contributed by atoms with van der Waals surface area (Å²) in [7, 11) is 0. The predicted molar refractivity (Wildman–Crippen MR) is 89.2 cm³/mol. The average Bonchev–Trinajstić information content (AvgIpc) is 2.45. The number of ketones is 1. The van der Waals surface area contributed by atoms with E-state index in [0.717, 1.165) is 35.7 Å².